The third-order valence-electron chi connectivity index (χ3n) is 4.21. The van der Waals surface area contributed by atoms with Crippen LogP contribution in [-0.4, -0.2) is 24.5 Å². The van der Waals surface area contributed by atoms with E-state index < -0.39 is 0 Å². The molecule has 0 spiro atoms. The summed E-state index contributed by atoms with van der Waals surface area (Å²) in [4.78, 5) is 2.35. The fraction of sp³-hybridized carbons (Fsp3) is 0.923. The lowest BCUT2D eigenvalue weighted by molar-refractivity contribution is 0.206. The summed E-state index contributed by atoms with van der Waals surface area (Å²) < 4.78 is 0. The zero-order valence-corrected chi connectivity index (χ0v) is 9.78. The Morgan fingerprint density at radius 2 is 2.20 bits per heavy atom. The van der Waals surface area contributed by atoms with Crippen molar-refractivity contribution in [3.8, 4) is 6.07 Å². The maximum absolute atomic E-state index is 8.78. The predicted octanol–water partition coefficient (Wildman–Crippen LogP) is 2.66. The van der Waals surface area contributed by atoms with Gasteiger partial charge in [0, 0.05) is 6.54 Å². The largest absolute Gasteiger partial charge is 0.290 e. The summed E-state index contributed by atoms with van der Waals surface area (Å²) in [6, 6.07) is 2.30. The first-order valence-electron chi connectivity index (χ1n) is 6.42. The van der Waals surface area contributed by atoms with Crippen LogP contribution in [-0.2, 0) is 0 Å². The molecule has 2 heteroatoms. The molecule has 2 saturated carbocycles. The van der Waals surface area contributed by atoms with Gasteiger partial charge in [-0.2, -0.15) is 5.26 Å². The monoisotopic (exact) mass is 206 g/mol. The van der Waals surface area contributed by atoms with E-state index >= 15 is 0 Å². The van der Waals surface area contributed by atoms with E-state index in [1.807, 2.05) is 0 Å². The number of hydrogen-bond donors (Lipinski definition) is 0. The second-order valence-corrected chi connectivity index (χ2v) is 5.33. The van der Waals surface area contributed by atoms with Crippen molar-refractivity contribution in [1.82, 2.24) is 4.90 Å². The molecule has 0 N–H and O–H groups in total. The SMILES string of the molecule is CCCN(CC#N)CC1CC2CCC1C2. The van der Waals surface area contributed by atoms with Gasteiger partial charge in [0.05, 0.1) is 12.6 Å². The number of hydrogen-bond acceptors (Lipinski definition) is 2. The first kappa shape index (κ1) is 11.0. The normalized spacial score (nSPS) is 33.5. The molecule has 0 radical (unpaired) electrons. The lowest BCUT2D eigenvalue weighted by atomic mass is 9.88. The molecule has 2 fully saturated rings. The van der Waals surface area contributed by atoms with Crippen LogP contribution in [0.3, 0.4) is 0 Å². The number of fused-ring (bicyclic) bond motifs is 2. The van der Waals surface area contributed by atoms with E-state index in [2.05, 4.69) is 17.9 Å². The molecule has 0 saturated heterocycles. The fourth-order valence-corrected chi connectivity index (χ4v) is 3.58. The van der Waals surface area contributed by atoms with Gasteiger partial charge in [-0.05, 0) is 50.0 Å². The van der Waals surface area contributed by atoms with E-state index in [0.29, 0.717) is 6.54 Å². The molecule has 2 bridgehead atoms. The van der Waals surface area contributed by atoms with E-state index in [0.717, 1.165) is 24.3 Å². The molecule has 0 amide bonds. The highest BCUT2D eigenvalue weighted by atomic mass is 15.1. The lowest BCUT2D eigenvalue weighted by Crippen LogP contribution is -2.32. The second-order valence-electron chi connectivity index (χ2n) is 5.33. The highest BCUT2D eigenvalue weighted by Gasteiger charge is 2.39. The van der Waals surface area contributed by atoms with Gasteiger partial charge in [-0.3, -0.25) is 4.90 Å². The van der Waals surface area contributed by atoms with Gasteiger partial charge in [0.25, 0.3) is 0 Å². The Morgan fingerprint density at radius 1 is 1.33 bits per heavy atom. The maximum Gasteiger partial charge on any atom is 0.0866 e. The molecule has 3 atom stereocenters. The van der Waals surface area contributed by atoms with E-state index in [1.54, 1.807) is 0 Å². The van der Waals surface area contributed by atoms with Crippen LogP contribution >= 0.6 is 0 Å². The summed E-state index contributed by atoms with van der Waals surface area (Å²) in [5.41, 5.74) is 0. The van der Waals surface area contributed by atoms with Gasteiger partial charge in [-0.15, -0.1) is 0 Å². The number of nitrogens with zero attached hydrogens (tertiary/aromatic N) is 2. The predicted molar refractivity (Wildman–Crippen MR) is 61.3 cm³/mol. The van der Waals surface area contributed by atoms with E-state index in [4.69, 9.17) is 5.26 Å². The molecule has 15 heavy (non-hydrogen) atoms. The van der Waals surface area contributed by atoms with Crippen molar-refractivity contribution in [2.45, 2.75) is 39.0 Å². The molecule has 84 valence electrons. The molecule has 0 aliphatic heterocycles. The average molecular weight is 206 g/mol. The third-order valence-corrected chi connectivity index (χ3v) is 4.21. The van der Waals surface area contributed by atoms with E-state index in [9.17, 15) is 0 Å². The average Bonchev–Trinajstić information content (AvgIpc) is 2.80. The molecule has 2 aliphatic rings. The maximum atomic E-state index is 8.78. The van der Waals surface area contributed by atoms with Gasteiger partial charge >= 0.3 is 0 Å². The molecular formula is C13H22N2. The summed E-state index contributed by atoms with van der Waals surface area (Å²) in [5, 5.41) is 8.78. The van der Waals surface area contributed by atoms with Gasteiger partial charge in [0.15, 0.2) is 0 Å². The van der Waals surface area contributed by atoms with Gasteiger partial charge < -0.3 is 0 Å². The quantitative estimate of drug-likeness (QED) is 0.647. The summed E-state index contributed by atoms with van der Waals surface area (Å²) >= 11 is 0. The first-order valence-corrected chi connectivity index (χ1v) is 6.42. The first-order chi connectivity index (χ1) is 7.33. The molecular weight excluding hydrogens is 184 g/mol. The van der Waals surface area contributed by atoms with Crippen molar-refractivity contribution < 1.29 is 0 Å². The van der Waals surface area contributed by atoms with Crippen LogP contribution in [0.1, 0.15) is 39.0 Å². The highest BCUT2D eigenvalue weighted by molar-refractivity contribution is 4.92. The standard InChI is InChI=1S/C13H22N2/c1-2-6-15(7-5-14)10-13-9-11-3-4-12(13)8-11/h11-13H,2-4,6-10H2,1H3. The van der Waals surface area contributed by atoms with E-state index in [1.165, 1.54) is 38.6 Å². The molecule has 0 aromatic carbocycles. The molecule has 0 aromatic rings. The van der Waals surface area contributed by atoms with Gasteiger partial charge in [0.2, 0.25) is 0 Å². The minimum Gasteiger partial charge on any atom is -0.290 e. The van der Waals surface area contributed by atoms with Gasteiger partial charge in [-0.1, -0.05) is 13.3 Å². The number of rotatable bonds is 5. The topological polar surface area (TPSA) is 27.0 Å². The van der Waals surface area contributed by atoms with Crippen molar-refractivity contribution in [3.63, 3.8) is 0 Å². The molecule has 0 heterocycles. The summed E-state index contributed by atoms with van der Waals surface area (Å²) in [6.45, 7) is 5.11. The Labute approximate surface area is 93.3 Å². The Kier molecular flexibility index (Phi) is 3.64. The Morgan fingerprint density at radius 3 is 2.73 bits per heavy atom. The van der Waals surface area contributed by atoms with Crippen LogP contribution in [0.5, 0.6) is 0 Å². The van der Waals surface area contributed by atoms with Crippen molar-refractivity contribution >= 4 is 0 Å². The summed E-state index contributed by atoms with van der Waals surface area (Å²) in [7, 11) is 0. The van der Waals surface area contributed by atoms with Crippen LogP contribution < -0.4 is 0 Å². The summed E-state index contributed by atoms with van der Waals surface area (Å²) in [5.74, 6) is 2.93. The fourth-order valence-electron chi connectivity index (χ4n) is 3.58. The van der Waals surface area contributed by atoms with Crippen LogP contribution in [0.4, 0.5) is 0 Å². The number of nitriles is 1. The zero-order valence-electron chi connectivity index (χ0n) is 9.78. The van der Waals surface area contributed by atoms with Crippen LogP contribution in [0.2, 0.25) is 0 Å². The zero-order chi connectivity index (χ0) is 10.7. The van der Waals surface area contributed by atoms with Gasteiger partial charge in [-0.25, -0.2) is 0 Å². The third kappa shape index (κ3) is 2.52. The molecule has 2 nitrogen and oxygen atoms in total. The Hall–Kier alpha value is -0.550. The van der Waals surface area contributed by atoms with Crippen LogP contribution in [0, 0.1) is 29.1 Å². The lowest BCUT2D eigenvalue weighted by Gasteiger charge is -2.28. The molecule has 2 aliphatic carbocycles. The molecule has 0 aromatic heterocycles. The molecule has 2 rings (SSSR count). The minimum absolute atomic E-state index is 0.627. The van der Waals surface area contributed by atoms with Crippen LogP contribution in [0.15, 0.2) is 0 Å². The van der Waals surface area contributed by atoms with Crippen LogP contribution in [0.25, 0.3) is 0 Å². The van der Waals surface area contributed by atoms with E-state index in [-0.39, 0.29) is 0 Å². The van der Waals surface area contributed by atoms with Gasteiger partial charge in [0.1, 0.15) is 0 Å². The van der Waals surface area contributed by atoms with Crippen molar-refractivity contribution in [2.24, 2.45) is 17.8 Å². The highest BCUT2D eigenvalue weighted by Crippen LogP contribution is 2.48. The van der Waals surface area contributed by atoms with Crippen molar-refractivity contribution in [3.05, 3.63) is 0 Å². The Balaban J connectivity index is 1.81. The van der Waals surface area contributed by atoms with Crippen molar-refractivity contribution in [2.75, 3.05) is 19.6 Å². The Bertz CT molecular complexity index is 243. The second kappa shape index (κ2) is 4.99. The summed E-state index contributed by atoms with van der Waals surface area (Å²) in [6.07, 6.45) is 7.03. The van der Waals surface area contributed by atoms with Crippen molar-refractivity contribution in [1.29, 1.82) is 5.26 Å². The molecule has 3 unspecified atom stereocenters. The smallest absolute Gasteiger partial charge is 0.0866 e. The minimum atomic E-state index is 0.627.